The van der Waals surface area contributed by atoms with Crippen LogP contribution in [-0.2, 0) is 4.79 Å². The van der Waals surface area contributed by atoms with Crippen LogP contribution in [0.1, 0.15) is 13.3 Å². The first-order chi connectivity index (χ1) is 4.68. The fourth-order valence-electron chi connectivity index (χ4n) is 0.747. The summed E-state index contributed by atoms with van der Waals surface area (Å²) in [5, 5.41) is 3.06. The number of rotatable bonds is 1. The van der Waals surface area contributed by atoms with Crippen molar-refractivity contribution in [2.45, 2.75) is 18.7 Å². The topological polar surface area (TPSA) is 29.1 Å². The highest BCUT2D eigenvalue weighted by Gasteiger charge is 2.15. The quantitative estimate of drug-likeness (QED) is 0.733. The maximum absolute atomic E-state index is 10.5. The van der Waals surface area contributed by atoms with Crippen molar-refractivity contribution in [3.8, 4) is 0 Å². The van der Waals surface area contributed by atoms with E-state index < -0.39 is 0 Å². The summed E-state index contributed by atoms with van der Waals surface area (Å²) in [6.07, 6.45) is 2.98. The molecule has 56 valence electrons. The number of thioether (sulfide) groups is 1. The fourth-order valence-corrected chi connectivity index (χ4v) is 2.49. The molecule has 0 aromatic heterocycles. The van der Waals surface area contributed by atoms with Crippen molar-refractivity contribution in [1.82, 2.24) is 5.32 Å². The van der Waals surface area contributed by atoms with E-state index in [2.05, 4.69) is 27.3 Å². The van der Waals surface area contributed by atoms with Crippen molar-refractivity contribution in [3.63, 3.8) is 0 Å². The second-order valence-electron chi connectivity index (χ2n) is 2.05. The summed E-state index contributed by atoms with van der Waals surface area (Å²) in [4.78, 5) is 10.5. The minimum absolute atomic E-state index is 0.0353. The third-order valence-corrected chi connectivity index (χ3v) is 2.98. The molecular weight excluding hydrogens is 214 g/mol. The maximum atomic E-state index is 10.5. The summed E-state index contributed by atoms with van der Waals surface area (Å²) >= 11 is 4.98. The summed E-state index contributed by atoms with van der Waals surface area (Å²) in [7, 11) is 0. The molecule has 1 atom stereocenters. The van der Waals surface area contributed by atoms with Gasteiger partial charge in [-0.3, -0.25) is 4.79 Å². The van der Waals surface area contributed by atoms with Gasteiger partial charge in [0.05, 0.1) is 5.37 Å². The molecule has 1 aliphatic heterocycles. The fraction of sp³-hybridized carbons (Fsp3) is 0.500. The Morgan fingerprint density at radius 1 is 2.00 bits per heavy atom. The molecule has 0 spiro atoms. The molecule has 2 nitrogen and oxygen atoms in total. The van der Waals surface area contributed by atoms with Gasteiger partial charge in [0, 0.05) is 10.7 Å². The van der Waals surface area contributed by atoms with Gasteiger partial charge < -0.3 is 5.32 Å². The molecular formula is C6H8BrNOS. The lowest BCUT2D eigenvalue weighted by Gasteiger charge is -2.08. The van der Waals surface area contributed by atoms with Crippen LogP contribution in [-0.4, -0.2) is 11.3 Å². The Morgan fingerprint density at radius 3 is 3.10 bits per heavy atom. The first kappa shape index (κ1) is 8.14. The van der Waals surface area contributed by atoms with Gasteiger partial charge in [0.15, 0.2) is 0 Å². The van der Waals surface area contributed by atoms with E-state index in [-0.39, 0.29) is 11.3 Å². The zero-order valence-corrected chi connectivity index (χ0v) is 7.96. The Kier molecular flexibility index (Phi) is 2.80. The minimum Gasteiger partial charge on any atom is -0.344 e. The molecule has 4 heteroatoms. The van der Waals surface area contributed by atoms with Gasteiger partial charge in [-0.1, -0.05) is 17.8 Å². The Hall–Kier alpha value is 0.0400. The van der Waals surface area contributed by atoms with Crippen LogP contribution in [0, 0.1) is 0 Å². The largest absolute Gasteiger partial charge is 0.344 e. The van der Waals surface area contributed by atoms with Gasteiger partial charge in [0.25, 0.3) is 0 Å². The van der Waals surface area contributed by atoms with Gasteiger partial charge >= 0.3 is 0 Å². The Balaban J connectivity index is 2.29. The van der Waals surface area contributed by atoms with E-state index in [9.17, 15) is 4.79 Å². The number of amides is 1. The van der Waals surface area contributed by atoms with E-state index in [1.807, 2.05) is 0 Å². The Bertz CT molecular complexity index is 181. The van der Waals surface area contributed by atoms with Crippen molar-refractivity contribution in [2.24, 2.45) is 0 Å². The molecule has 0 aromatic rings. The van der Waals surface area contributed by atoms with Crippen molar-refractivity contribution in [1.29, 1.82) is 0 Å². The predicted octanol–water partition coefficient (Wildman–Crippen LogP) is 1.82. The van der Waals surface area contributed by atoms with E-state index in [1.165, 1.54) is 6.92 Å². The van der Waals surface area contributed by atoms with Crippen LogP contribution in [0.25, 0.3) is 0 Å². The van der Waals surface area contributed by atoms with Crippen molar-refractivity contribution < 1.29 is 4.79 Å². The Labute approximate surface area is 72.6 Å². The van der Waals surface area contributed by atoms with Gasteiger partial charge in [-0.15, -0.1) is 0 Å². The van der Waals surface area contributed by atoms with Crippen molar-refractivity contribution >= 4 is 33.6 Å². The van der Waals surface area contributed by atoms with Crippen LogP contribution in [0.15, 0.2) is 9.89 Å². The molecule has 0 saturated carbocycles. The van der Waals surface area contributed by atoms with E-state index in [0.717, 1.165) is 10.2 Å². The monoisotopic (exact) mass is 221 g/mol. The van der Waals surface area contributed by atoms with Crippen LogP contribution in [0.2, 0.25) is 0 Å². The van der Waals surface area contributed by atoms with Crippen LogP contribution < -0.4 is 5.32 Å². The molecule has 1 unspecified atom stereocenters. The standard InChI is InChI=1S/C6H8BrNOS/c1-4(9)8-6-3-2-5(7)10-6/h2,6H,3H2,1H3,(H,8,9). The number of hydrogen-bond acceptors (Lipinski definition) is 2. The summed E-state index contributed by atoms with van der Waals surface area (Å²) in [6.45, 7) is 1.53. The number of hydrogen-bond donors (Lipinski definition) is 1. The first-order valence-corrected chi connectivity index (χ1v) is 4.65. The van der Waals surface area contributed by atoms with Gasteiger partial charge in [-0.05, 0) is 22.4 Å². The predicted molar refractivity (Wildman–Crippen MR) is 46.8 cm³/mol. The summed E-state index contributed by atoms with van der Waals surface area (Å²) < 4.78 is 1.12. The molecule has 1 rings (SSSR count). The lowest BCUT2D eigenvalue weighted by Crippen LogP contribution is -2.28. The van der Waals surface area contributed by atoms with Crippen molar-refractivity contribution in [3.05, 3.63) is 9.89 Å². The Morgan fingerprint density at radius 2 is 2.70 bits per heavy atom. The zero-order chi connectivity index (χ0) is 7.56. The normalized spacial score (nSPS) is 24.2. The summed E-state index contributed by atoms with van der Waals surface area (Å²) in [5.41, 5.74) is 0. The van der Waals surface area contributed by atoms with Gasteiger partial charge in [-0.25, -0.2) is 0 Å². The molecule has 1 N–H and O–H groups in total. The van der Waals surface area contributed by atoms with E-state index in [0.29, 0.717) is 0 Å². The minimum atomic E-state index is 0.0353. The van der Waals surface area contributed by atoms with Gasteiger partial charge in [0.2, 0.25) is 5.91 Å². The van der Waals surface area contributed by atoms with Crippen LogP contribution in [0.5, 0.6) is 0 Å². The lowest BCUT2D eigenvalue weighted by atomic mass is 10.4. The van der Waals surface area contributed by atoms with Crippen LogP contribution >= 0.6 is 27.7 Å². The van der Waals surface area contributed by atoms with Crippen LogP contribution in [0.4, 0.5) is 0 Å². The smallest absolute Gasteiger partial charge is 0.217 e. The molecule has 0 aliphatic carbocycles. The van der Waals surface area contributed by atoms with Gasteiger partial charge in [0.1, 0.15) is 0 Å². The number of halogens is 1. The molecule has 10 heavy (non-hydrogen) atoms. The molecule has 0 radical (unpaired) electrons. The third-order valence-electron chi connectivity index (χ3n) is 1.11. The van der Waals surface area contributed by atoms with E-state index in [4.69, 9.17) is 0 Å². The number of carbonyl (C=O) groups excluding carboxylic acids is 1. The molecule has 1 heterocycles. The highest BCUT2D eigenvalue weighted by Crippen LogP contribution is 2.34. The van der Waals surface area contributed by atoms with Crippen LogP contribution in [0.3, 0.4) is 0 Å². The van der Waals surface area contributed by atoms with Gasteiger partial charge in [-0.2, -0.15) is 0 Å². The summed E-state index contributed by atoms with van der Waals surface area (Å²) in [5.74, 6) is 0.0353. The lowest BCUT2D eigenvalue weighted by molar-refractivity contribution is -0.119. The second-order valence-corrected chi connectivity index (χ2v) is 4.67. The molecule has 0 saturated heterocycles. The molecule has 0 bridgehead atoms. The first-order valence-electron chi connectivity index (χ1n) is 2.98. The summed E-state index contributed by atoms with van der Waals surface area (Å²) in [6, 6.07) is 0. The number of nitrogens with one attached hydrogen (secondary N) is 1. The number of carbonyl (C=O) groups is 1. The zero-order valence-electron chi connectivity index (χ0n) is 5.56. The highest BCUT2D eigenvalue weighted by atomic mass is 79.9. The second kappa shape index (κ2) is 3.44. The van der Waals surface area contributed by atoms with Crippen molar-refractivity contribution in [2.75, 3.05) is 0 Å². The molecule has 0 fully saturated rings. The molecule has 1 amide bonds. The maximum Gasteiger partial charge on any atom is 0.217 e. The average Bonchev–Trinajstić information content (AvgIpc) is 2.13. The average molecular weight is 222 g/mol. The van der Waals surface area contributed by atoms with E-state index in [1.54, 1.807) is 11.8 Å². The third kappa shape index (κ3) is 2.34. The highest BCUT2D eigenvalue weighted by molar-refractivity contribution is 9.14. The van der Waals surface area contributed by atoms with E-state index >= 15 is 0 Å². The SMILES string of the molecule is CC(=O)NC1CC=C(Br)S1. The molecule has 0 aromatic carbocycles. The molecule has 1 aliphatic rings.